The van der Waals surface area contributed by atoms with Crippen LogP contribution >= 0.6 is 35.7 Å². The fourth-order valence-corrected chi connectivity index (χ4v) is 3.58. The van der Waals surface area contributed by atoms with Crippen LogP contribution in [-0.2, 0) is 10.0 Å². The predicted octanol–water partition coefficient (Wildman–Crippen LogP) is 2.23. The second-order valence-corrected chi connectivity index (χ2v) is 8.70. The number of guanidine groups is 1. The first kappa shape index (κ1) is 24.5. The lowest BCUT2D eigenvalue weighted by atomic mass is 10.4. The number of sulfonamides is 1. The average Bonchev–Trinajstić information content (AvgIpc) is 2.60. The SMILES string of the molecule is CCS(=O)(=O)N(C)CCCNC(=NC)NCCSc1ccccc1.I. The lowest BCUT2D eigenvalue weighted by molar-refractivity contribution is 0.461. The Morgan fingerprint density at radius 2 is 1.84 bits per heavy atom. The van der Waals surface area contributed by atoms with Gasteiger partial charge in [0.25, 0.3) is 0 Å². The molecule has 0 aliphatic heterocycles. The van der Waals surface area contributed by atoms with Crippen LogP contribution in [0.4, 0.5) is 0 Å². The molecule has 1 rings (SSSR count). The van der Waals surface area contributed by atoms with Crippen LogP contribution in [0.3, 0.4) is 0 Å². The fraction of sp³-hybridized carbons (Fsp3) is 0.562. The number of thioether (sulfide) groups is 1. The third-order valence-electron chi connectivity index (χ3n) is 3.41. The summed E-state index contributed by atoms with van der Waals surface area (Å²) in [5.74, 6) is 1.83. The summed E-state index contributed by atoms with van der Waals surface area (Å²) < 4.78 is 24.7. The summed E-state index contributed by atoms with van der Waals surface area (Å²) in [6.45, 7) is 3.64. The van der Waals surface area contributed by atoms with E-state index < -0.39 is 10.0 Å². The quantitative estimate of drug-likeness (QED) is 0.170. The molecule has 0 aromatic heterocycles. The van der Waals surface area contributed by atoms with Gasteiger partial charge < -0.3 is 10.6 Å². The maximum Gasteiger partial charge on any atom is 0.213 e. The molecule has 0 fully saturated rings. The highest BCUT2D eigenvalue weighted by molar-refractivity contribution is 14.0. The molecule has 0 saturated carbocycles. The van der Waals surface area contributed by atoms with Crippen molar-refractivity contribution < 1.29 is 8.42 Å². The Bertz CT molecular complexity index is 597. The van der Waals surface area contributed by atoms with Gasteiger partial charge in [-0.05, 0) is 25.5 Å². The zero-order valence-electron chi connectivity index (χ0n) is 15.1. The topological polar surface area (TPSA) is 73.8 Å². The highest BCUT2D eigenvalue weighted by Gasteiger charge is 2.13. The van der Waals surface area contributed by atoms with E-state index in [0.717, 1.165) is 24.7 Å². The summed E-state index contributed by atoms with van der Waals surface area (Å²) in [6, 6.07) is 10.3. The van der Waals surface area contributed by atoms with E-state index in [1.807, 2.05) is 18.2 Å². The smallest absolute Gasteiger partial charge is 0.213 e. The molecule has 2 N–H and O–H groups in total. The standard InChI is InChI=1S/C16H28N4O2S2.HI/c1-4-24(21,22)20(3)13-8-11-18-16(17-2)19-12-14-23-15-9-6-5-7-10-15;/h5-7,9-10H,4,8,11-14H2,1-3H3,(H2,17,18,19);1H. The Morgan fingerprint density at radius 1 is 1.20 bits per heavy atom. The van der Waals surface area contributed by atoms with E-state index in [2.05, 4.69) is 27.8 Å². The first-order valence-corrected chi connectivity index (χ1v) is 10.7. The Morgan fingerprint density at radius 3 is 2.44 bits per heavy atom. The highest BCUT2D eigenvalue weighted by Crippen LogP contribution is 2.15. The number of halogens is 1. The lowest BCUT2D eigenvalue weighted by Crippen LogP contribution is -2.40. The van der Waals surface area contributed by atoms with E-state index in [-0.39, 0.29) is 29.7 Å². The molecule has 6 nitrogen and oxygen atoms in total. The van der Waals surface area contributed by atoms with Crippen molar-refractivity contribution in [3.63, 3.8) is 0 Å². The van der Waals surface area contributed by atoms with Crippen LogP contribution in [0.15, 0.2) is 40.2 Å². The molecule has 0 unspecified atom stereocenters. The molecule has 144 valence electrons. The predicted molar refractivity (Wildman–Crippen MR) is 119 cm³/mol. The Labute approximate surface area is 173 Å². The molecule has 0 heterocycles. The van der Waals surface area contributed by atoms with Crippen LogP contribution in [-0.4, -0.2) is 63.9 Å². The third kappa shape index (κ3) is 10.3. The van der Waals surface area contributed by atoms with Crippen LogP contribution in [0, 0.1) is 0 Å². The van der Waals surface area contributed by atoms with Crippen molar-refractivity contribution in [2.75, 3.05) is 45.2 Å². The number of hydrogen-bond acceptors (Lipinski definition) is 4. The second-order valence-electron chi connectivity index (χ2n) is 5.16. The summed E-state index contributed by atoms with van der Waals surface area (Å²) in [4.78, 5) is 5.42. The Balaban J connectivity index is 0.00000576. The van der Waals surface area contributed by atoms with Gasteiger partial charge in [-0.2, -0.15) is 0 Å². The number of rotatable bonds is 10. The Hall–Kier alpha value is -0.520. The molecule has 0 bridgehead atoms. The van der Waals surface area contributed by atoms with Gasteiger partial charge in [0.1, 0.15) is 0 Å². The van der Waals surface area contributed by atoms with Gasteiger partial charge in [-0.25, -0.2) is 12.7 Å². The van der Waals surface area contributed by atoms with Gasteiger partial charge in [0.05, 0.1) is 5.75 Å². The molecule has 0 aliphatic rings. The van der Waals surface area contributed by atoms with E-state index in [9.17, 15) is 8.42 Å². The molecule has 1 aromatic rings. The molecular formula is C16H29IN4O2S2. The normalized spacial score (nSPS) is 11.9. The average molecular weight is 500 g/mol. The van der Waals surface area contributed by atoms with Gasteiger partial charge in [0.2, 0.25) is 10.0 Å². The van der Waals surface area contributed by atoms with E-state index in [1.165, 1.54) is 9.20 Å². The highest BCUT2D eigenvalue weighted by atomic mass is 127. The van der Waals surface area contributed by atoms with Crippen molar-refractivity contribution in [3.8, 4) is 0 Å². The molecule has 0 amide bonds. The summed E-state index contributed by atoms with van der Waals surface area (Å²) in [5.41, 5.74) is 0. The van der Waals surface area contributed by atoms with Gasteiger partial charge >= 0.3 is 0 Å². The molecule has 0 radical (unpaired) electrons. The van der Waals surface area contributed by atoms with Crippen molar-refractivity contribution in [2.24, 2.45) is 4.99 Å². The number of nitrogens with one attached hydrogen (secondary N) is 2. The zero-order chi connectivity index (χ0) is 17.8. The molecule has 9 heteroatoms. The van der Waals surface area contributed by atoms with Crippen LogP contribution in [0.25, 0.3) is 0 Å². The van der Waals surface area contributed by atoms with Crippen molar-refractivity contribution >= 4 is 51.7 Å². The fourth-order valence-electron chi connectivity index (χ4n) is 1.94. The van der Waals surface area contributed by atoms with E-state index >= 15 is 0 Å². The minimum absolute atomic E-state index is 0. The number of aliphatic imine (C=N–C) groups is 1. The van der Waals surface area contributed by atoms with E-state index in [0.29, 0.717) is 13.1 Å². The van der Waals surface area contributed by atoms with Gasteiger partial charge in [-0.1, -0.05) is 18.2 Å². The lowest BCUT2D eigenvalue weighted by Gasteiger charge is -2.16. The zero-order valence-corrected chi connectivity index (χ0v) is 19.0. The maximum absolute atomic E-state index is 11.6. The van der Waals surface area contributed by atoms with Crippen LogP contribution in [0.2, 0.25) is 0 Å². The largest absolute Gasteiger partial charge is 0.356 e. The van der Waals surface area contributed by atoms with Gasteiger partial charge in [0.15, 0.2) is 5.96 Å². The minimum Gasteiger partial charge on any atom is -0.356 e. The minimum atomic E-state index is -3.09. The molecule has 0 spiro atoms. The van der Waals surface area contributed by atoms with E-state index in [4.69, 9.17) is 0 Å². The number of nitrogens with zero attached hydrogens (tertiary/aromatic N) is 2. The van der Waals surface area contributed by atoms with Crippen LogP contribution < -0.4 is 10.6 Å². The first-order chi connectivity index (χ1) is 11.5. The van der Waals surface area contributed by atoms with Crippen molar-refractivity contribution in [3.05, 3.63) is 30.3 Å². The van der Waals surface area contributed by atoms with Gasteiger partial charge in [-0.15, -0.1) is 35.7 Å². The molecule has 25 heavy (non-hydrogen) atoms. The van der Waals surface area contributed by atoms with Gasteiger partial charge in [-0.3, -0.25) is 4.99 Å². The summed E-state index contributed by atoms with van der Waals surface area (Å²) in [5, 5.41) is 6.46. The maximum atomic E-state index is 11.6. The third-order valence-corrected chi connectivity index (χ3v) is 6.29. The second kappa shape index (κ2) is 13.7. The van der Waals surface area contributed by atoms with Gasteiger partial charge in [0, 0.05) is 44.4 Å². The van der Waals surface area contributed by atoms with Crippen LogP contribution in [0.5, 0.6) is 0 Å². The van der Waals surface area contributed by atoms with Crippen molar-refractivity contribution in [1.82, 2.24) is 14.9 Å². The summed E-state index contributed by atoms with van der Waals surface area (Å²) in [6.07, 6.45) is 0.731. The number of hydrogen-bond donors (Lipinski definition) is 2. The molecule has 0 aliphatic carbocycles. The summed E-state index contributed by atoms with van der Waals surface area (Å²) >= 11 is 1.79. The summed E-state index contributed by atoms with van der Waals surface area (Å²) in [7, 11) is 0.256. The van der Waals surface area contributed by atoms with Crippen molar-refractivity contribution in [2.45, 2.75) is 18.2 Å². The molecule has 0 atom stereocenters. The molecular weight excluding hydrogens is 471 g/mol. The van der Waals surface area contributed by atoms with Crippen molar-refractivity contribution in [1.29, 1.82) is 0 Å². The van der Waals surface area contributed by atoms with Crippen LogP contribution in [0.1, 0.15) is 13.3 Å². The Kier molecular flexibility index (Phi) is 13.4. The number of benzene rings is 1. The monoisotopic (exact) mass is 500 g/mol. The molecule has 1 aromatic carbocycles. The van der Waals surface area contributed by atoms with E-state index in [1.54, 1.807) is 32.8 Å². The molecule has 0 saturated heterocycles. The first-order valence-electron chi connectivity index (χ1n) is 8.06.